The summed E-state index contributed by atoms with van der Waals surface area (Å²) in [4.78, 5) is 11.6. The first-order valence-corrected chi connectivity index (χ1v) is 11.3. The number of methoxy groups -OCH3 is 1. The molecule has 0 saturated carbocycles. The van der Waals surface area contributed by atoms with Crippen LogP contribution in [-0.4, -0.2) is 22.8 Å². The van der Waals surface area contributed by atoms with Crippen LogP contribution in [0.4, 0.5) is 4.39 Å². The minimum atomic E-state index is -0.214. The van der Waals surface area contributed by atoms with Crippen LogP contribution >= 0.6 is 0 Å². The van der Waals surface area contributed by atoms with Gasteiger partial charge in [0.25, 0.3) is 0 Å². The standard InChI is InChI=1S/C27H30FN3O/c1-3-4-5-6-8-22-16-20(15-19-10-12-21(28)13-11-19)24(30-22)17-26-27(32-2)18-25(31-26)23-9-7-14-29-23/h7,9-14,16-18,29-30H,3-6,8,15H2,1-2H3/b26-17-. The van der Waals surface area contributed by atoms with E-state index in [1.165, 1.54) is 49.1 Å². The zero-order valence-corrected chi connectivity index (χ0v) is 18.7. The van der Waals surface area contributed by atoms with E-state index < -0.39 is 0 Å². The van der Waals surface area contributed by atoms with E-state index in [1.807, 2.05) is 36.5 Å². The molecular formula is C27H30FN3O. The number of unbranched alkanes of at least 4 members (excludes halogenated alkanes) is 3. The summed E-state index contributed by atoms with van der Waals surface area (Å²) in [6.07, 6.45) is 12.5. The Balaban J connectivity index is 1.64. The highest BCUT2D eigenvalue weighted by atomic mass is 19.1. The fourth-order valence-corrected chi connectivity index (χ4v) is 4.00. The number of aryl methyl sites for hydroxylation is 1. The minimum absolute atomic E-state index is 0.214. The summed E-state index contributed by atoms with van der Waals surface area (Å²) >= 11 is 0. The fraction of sp³-hybridized carbons (Fsp3) is 0.296. The Hall–Kier alpha value is -3.34. The van der Waals surface area contributed by atoms with Gasteiger partial charge in [-0.2, -0.15) is 0 Å². The zero-order chi connectivity index (χ0) is 22.3. The smallest absolute Gasteiger partial charge is 0.146 e. The molecule has 0 amide bonds. The lowest BCUT2D eigenvalue weighted by molar-refractivity contribution is 0.303. The van der Waals surface area contributed by atoms with Crippen LogP contribution in [0.1, 0.15) is 60.8 Å². The fourth-order valence-electron chi connectivity index (χ4n) is 4.00. The molecule has 0 bridgehead atoms. The number of aromatic amines is 2. The van der Waals surface area contributed by atoms with Crippen molar-refractivity contribution in [1.82, 2.24) is 9.97 Å². The molecule has 166 valence electrons. The molecule has 1 aromatic carbocycles. The molecule has 0 fully saturated rings. The van der Waals surface area contributed by atoms with Crippen molar-refractivity contribution in [3.63, 3.8) is 0 Å². The topological polar surface area (TPSA) is 53.2 Å². The Labute approximate surface area is 188 Å². The van der Waals surface area contributed by atoms with E-state index in [9.17, 15) is 4.39 Å². The zero-order valence-electron chi connectivity index (χ0n) is 18.7. The number of halogens is 1. The second-order valence-electron chi connectivity index (χ2n) is 8.17. The van der Waals surface area contributed by atoms with Gasteiger partial charge < -0.3 is 14.7 Å². The van der Waals surface area contributed by atoms with Gasteiger partial charge in [-0.1, -0.05) is 38.3 Å². The Bertz CT molecular complexity index is 1120. The van der Waals surface area contributed by atoms with Crippen molar-refractivity contribution in [2.75, 3.05) is 7.11 Å². The molecule has 32 heavy (non-hydrogen) atoms. The van der Waals surface area contributed by atoms with Gasteiger partial charge in [-0.05, 0) is 66.8 Å². The van der Waals surface area contributed by atoms with Gasteiger partial charge in [-0.15, -0.1) is 0 Å². The van der Waals surface area contributed by atoms with E-state index in [2.05, 4.69) is 29.0 Å². The molecule has 4 nitrogen and oxygen atoms in total. The summed E-state index contributed by atoms with van der Waals surface area (Å²) in [5, 5.41) is 0. The Kier molecular flexibility index (Phi) is 7.05. The highest BCUT2D eigenvalue weighted by Gasteiger charge is 2.18. The molecule has 1 aliphatic heterocycles. The summed E-state index contributed by atoms with van der Waals surface area (Å²) in [6.45, 7) is 2.23. The lowest BCUT2D eigenvalue weighted by Crippen LogP contribution is -1.93. The van der Waals surface area contributed by atoms with Crippen molar-refractivity contribution in [2.45, 2.75) is 45.4 Å². The third-order valence-electron chi connectivity index (χ3n) is 5.73. The maximum Gasteiger partial charge on any atom is 0.146 e. The number of nitrogens with zero attached hydrogens (tertiary/aromatic N) is 1. The molecule has 4 rings (SSSR count). The number of nitrogens with one attached hydrogen (secondary N) is 2. The predicted octanol–water partition coefficient (Wildman–Crippen LogP) is 6.57. The van der Waals surface area contributed by atoms with Gasteiger partial charge in [0.15, 0.2) is 0 Å². The van der Waals surface area contributed by atoms with Crippen LogP contribution in [0.2, 0.25) is 0 Å². The molecule has 0 saturated heterocycles. The number of ether oxygens (including phenoxy) is 1. The number of H-pyrrole nitrogens is 2. The van der Waals surface area contributed by atoms with Crippen LogP contribution in [0, 0.1) is 5.82 Å². The average Bonchev–Trinajstić information content (AvgIpc) is 3.54. The van der Waals surface area contributed by atoms with E-state index in [1.54, 1.807) is 7.11 Å². The first-order chi connectivity index (χ1) is 15.7. The van der Waals surface area contributed by atoms with Crippen LogP contribution in [0.3, 0.4) is 0 Å². The van der Waals surface area contributed by atoms with Crippen molar-refractivity contribution in [3.8, 4) is 0 Å². The van der Waals surface area contributed by atoms with Gasteiger partial charge in [-0.25, -0.2) is 9.38 Å². The van der Waals surface area contributed by atoms with Gasteiger partial charge in [-0.3, -0.25) is 0 Å². The molecular weight excluding hydrogens is 401 g/mol. The van der Waals surface area contributed by atoms with Gasteiger partial charge >= 0.3 is 0 Å². The van der Waals surface area contributed by atoms with Crippen LogP contribution < -0.4 is 0 Å². The second-order valence-corrected chi connectivity index (χ2v) is 8.17. The summed E-state index contributed by atoms with van der Waals surface area (Å²) in [6, 6.07) is 12.9. The lowest BCUT2D eigenvalue weighted by Gasteiger charge is -2.04. The van der Waals surface area contributed by atoms with Crippen molar-refractivity contribution in [3.05, 3.63) is 100 Å². The van der Waals surface area contributed by atoms with Crippen molar-refractivity contribution in [2.24, 2.45) is 4.99 Å². The highest BCUT2D eigenvalue weighted by molar-refractivity contribution is 6.11. The van der Waals surface area contributed by atoms with Crippen LogP contribution in [0.5, 0.6) is 0 Å². The Morgan fingerprint density at radius 2 is 1.94 bits per heavy atom. The summed E-state index contributed by atoms with van der Waals surface area (Å²) < 4.78 is 19.0. The van der Waals surface area contributed by atoms with E-state index >= 15 is 0 Å². The number of hydrogen-bond acceptors (Lipinski definition) is 2. The van der Waals surface area contributed by atoms with Gasteiger partial charge in [0.05, 0.1) is 18.5 Å². The molecule has 1 aliphatic rings. The third kappa shape index (κ3) is 5.28. The number of benzene rings is 1. The predicted molar refractivity (Wildman–Crippen MR) is 128 cm³/mol. The largest absolute Gasteiger partial charge is 0.494 e. The van der Waals surface area contributed by atoms with Crippen molar-refractivity contribution in [1.29, 1.82) is 0 Å². The molecule has 3 aromatic rings. The van der Waals surface area contributed by atoms with E-state index in [-0.39, 0.29) is 5.82 Å². The summed E-state index contributed by atoms with van der Waals surface area (Å²) in [7, 11) is 1.67. The number of aliphatic imine (C=N–C) groups is 1. The summed E-state index contributed by atoms with van der Waals surface area (Å²) in [5.41, 5.74) is 7.09. The number of rotatable bonds is 10. The molecule has 0 radical (unpaired) electrons. The molecule has 0 atom stereocenters. The molecule has 0 spiro atoms. The molecule has 2 N–H and O–H groups in total. The van der Waals surface area contributed by atoms with Gasteiger partial charge in [0, 0.05) is 23.7 Å². The quantitative estimate of drug-likeness (QED) is 0.351. The molecule has 2 aromatic heterocycles. The van der Waals surface area contributed by atoms with Gasteiger partial charge in [0.2, 0.25) is 0 Å². The van der Waals surface area contributed by atoms with Crippen molar-refractivity contribution >= 4 is 11.8 Å². The minimum Gasteiger partial charge on any atom is -0.494 e. The Morgan fingerprint density at radius 1 is 1.09 bits per heavy atom. The van der Waals surface area contributed by atoms with E-state index in [4.69, 9.17) is 9.73 Å². The SMILES string of the molecule is CCCCCCc1cc(Cc2ccc(F)cc2)c(/C=C2\N=C(c3ccc[nH]3)C=C2OC)[nH]1. The lowest BCUT2D eigenvalue weighted by atomic mass is 10.0. The molecule has 0 aliphatic carbocycles. The average molecular weight is 432 g/mol. The first kappa shape index (κ1) is 21.9. The molecule has 3 heterocycles. The van der Waals surface area contributed by atoms with E-state index in [0.717, 1.165) is 47.0 Å². The first-order valence-electron chi connectivity index (χ1n) is 11.3. The van der Waals surface area contributed by atoms with E-state index in [0.29, 0.717) is 0 Å². The maximum absolute atomic E-state index is 13.4. The molecule has 0 unspecified atom stereocenters. The monoisotopic (exact) mass is 431 g/mol. The Morgan fingerprint density at radius 3 is 2.66 bits per heavy atom. The number of aromatic nitrogens is 2. The third-order valence-corrected chi connectivity index (χ3v) is 5.73. The summed E-state index contributed by atoms with van der Waals surface area (Å²) in [5.74, 6) is 0.523. The molecule has 5 heteroatoms. The van der Waals surface area contributed by atoms with Crippen LogP contribution in [0.15, 0.2) is 71.2 Å². The number of hydrogen-bond donors (Lipinski definition) is 2. The number of allylic oxidation sites excluding steroid dienone is 1. The van der Waals surface area contributed by atoms with Crippen LogP contribution in [0.25, 0.3) is 6.08 Å². The van der Waals surface area contributed by atoms with Gasteiger partial charge in [0.1, 0.15) is 17.3 Å². The highest BCUT2D eigenvalue weighted by Crippen LogP contribution is 2.27. The normalized spacial score (nSPS) is 14.7. The van der Waals surface area contributed by atoms with Crippen molar-refractivity contribution < 1.29 is 9.13 Å². The van der Waals surface area contributed by atoms with Crippen LogP contribution in [-0.2, 0) is 17.6 Å². The maximum atomic E-state index is 13.4. The second kappa shape index (κ2) is 10.3.